The van der Waals surface area contributed by atoms with Crippen LogP contribution in [-0.4, -0.2) is 32.6 Å². The molecule has 0 aliphatic carbocycles. The van der Waals surface area contributed by atoms with E-state index in [1.807, 2.05) is 0 Å². The Hall–Kier alpha value is -2.58. The van der Waals surface area contributed by atoms with Crippen LogP contribution < -0.4 is 5.32 Å². The summed E-state index contributed by atoms with van der Waals surface area (Å²) in [4.78, 5) is 30.1. The van der Waals surface area contributed by atoms with Gasteiger partial charge in [0, 0.05) is 24.7 Å². The molecule has 0 radical (unpaired) electrons. The molecule has 0 unspecified atom stereocenters. The number of aromatic nitrogens is 1. The minimum atomic E-state index is -0.409. The Labute approximate surface area is 159 Å². The van der Waals surface area contributed by atoms with E-state index in [0.717, 1.165) is 11.8 Å². The van der Waals surface area contributed by atoms with Crippen molar-refractivity contribution in [2.75, 3.05) is 11.9 Å². The second-order valence-electron chi connectivity index (χ2n) is 5.39. The largest absolute Gasteiger partial charge is 0.325 e. The standard InChI is InChI=1S/C18H14FN3O2S2/c19-14-6-2-1-4-12(14)10-15-17(24)22(18(25)26-15)9-7-16(23)21-13-5-3-8-20-11-13/h1-6,8,10-11H,7,9H2,(H,21,23). The normalized spacial score (nSPS) is 15.6. The quantitative estimate of drug-likeness (QED) is 0.629. The Morgan fingerprint density at radius 2 is 2.12 bits per heavy atom. The molecule has 0 atom stereocenters. The van der Waals surface area contributed by atoms with Crippen molar-refractivity contribution in [1.82, 2.24) is 9.88 Å². The van der Waals surface area contributed by atoms with Gasteiger partial charge < -0.3 is 5.32 Å². The van der Waals surface area contributed by atoms with Gasteiger partial charge in [-0.25, -0.2) is 4.39 Å². The Balaban J connectivity index is 1.62. The molecule has 2 amide bonds. The van der Waals surface area contributed by atoms with E-state index >= 15 is 0 Å². The third-order valence-electron chi connectivity index (χ3n) is 3.57. The highest BCUT2D eigenvalue weighted by atomic mass is 32.2. The molecule has 2 heterocycles. The Bertz CT molecular complexity index is 887. The number of anilines is 1. The molecule has 0 bridgehead atoms. The van der Waals surface area contributed by atoms with E-state index in [2.05, 4.69) is 10.3 Å². The minimum Gasteiger partial charge on any atom is -0.325 e. The molecule has 1 fully saturated rings. The molecule has 5 nitrogen and oxygen atoms in total. The molecule has 1 aromatic carbocycles. The van der Waals surface area contributed by atoms with Crippen LogP contribution in [0.3, 0.4) is 0 Å². The summed E-state index contributed by atoms with van der Waals surface area (Å²) < 4.78 is 14.1. The molecule has 1 N–H and O–H groups in total. The van der Waals surface area contributed by atoms with Gasteiger partial charge in [0.1, 0.15) is 10.1 Å². The number of benzene rings is 1. The first-order chi connectivity index (χ1) is 12.5. The van der Waals surface area contributed by atoms with E-state index in [4.69, 9.17) is 12.2 Å². The number of amides is 2. The first-order valence-corrected chi connectivity index (χ1v) is 8.97. The fourth-order valence-corrected chi connectivity index (χ4v) is 3.60. The monoisotopic (exact) mass is 387 g/mol. The predicted octanol–water partition coefficient (Wildman–Crippen LogP) is 3.45. The SMILES string of the molecule is O=C(CCN1C(=O)C(=Cc2ccccc2F)SC1=S)Nc1cccnc1. The zero-order chi connectivity index (χ0) is 18.5. The summed E-state index contributed by atoms with van der Waals surface area (Å²) in [5.74, 6) is -0.976. The van der Waals surface area contributed by atoms with E-state index in [0.29, 0.717) is 20.5 Å². The van der Waals surface area contributed by atoms with Gasteiger partial charge in [-0.3, -0.25) is 19.5 Å². The number of nitrogens with one attached hydrogen (secondary N) is 1. The number of pyridine rings is 1. The number of halogens is 1. The lowest BCUT2D eigenvalue weighted by Crippen LogP contribution is -2.31. The van der Waals surface area contributed by atoms with Crippen molar-refractivity contribution in [3.63, 3.8) is 0 Å². The van der Waals surface area contributed by atoms with E-state index in [1.54, 1.807) is 36.5 Å². The molecule has 26 heavy (non-hydrogen) atoms. The fourth-order valence-electron chi connectivity index (χ4n) is 2.30. The number of nitrogens with zero attached hydrogens (tertiary/aromatic N) is 2. The summed E-state index contributed by atoms with van der Waals surface area (Å²) in [5, 5.41) is 2.70. The fraction of sp³-hybridized carbons (Fsp3) is 0.111. The maximum atomic E-state index is 13.8. The topological polar surface area (TPSA) is 62.3 Å². The molecule has 1 aliphatic rings. The van der Waals surface area contributed by atoms with Crippen LogP contribution in [0.4, 0.5) is 10.1 Å². The number of thioether (sulfide) groups is 1. The van der Waals surface area contributed by atoms with Gasteiger partial charge in [0.25, 0.3) is 5.91 Å². The molecule has 1 aromatic heterocycles. The lowest BCUT2D eigenvalue weighted by atomic mass is 10.2. The Kier molecular flexibility index (Phi) is 5.75. The molecule has 0 saturated carbocycles. The summed E-state index contributed by atoms with van der Waals surface area (Å²) in [7, 11) is 0. The van der Waals surface area contributed by atoms with E-state index in [9.17, 15) is 14.0 Å². The number of hydrogen-bond donors (Lipinski definition) is 1. The number of hydrogen-bond acceptors (Lipinski definition) is 5. The van der Waals surface area contributed by atoms with Crippen LogP contribution >= 0.6 is 24.0 Å². The summed E-state index contributed by atoms with van der Waals surface area (Å²) >= 11 is 6.32. The average molecular weight is 387 g/mol. The maximum Gasteiger partial charge on any atom is 0.266 e. The van der Waals surface area contributed by atoms with Crippen LogP contribution in [0.2, 0.25) is 0 Å². The molecule has 2 aromatic rings. The van der Waals surface area contributed by atoms with Crippen molar-refractivity contribution in [2.45, 2.75) is 6.42 Å². The van der Waals surface area contributed by atoms with Gasteiger partial charge in [0.05, 0.1) is 16.8 Å². The van der Waals surface area contributed by atoms with Gasteiger partial charge in [-0.1, -0.05) is 42.2 Å². The second-order valence-corrected chi connectivity index (χ2v) is 7.07. The molecular weight excluding hydrogens is 373 g/mol. The summed E-state index contributed by atoms with van der Waals surface area (Å²) in [6.07, 6.45) is 4.71. The zero-order valence-electron chi connectivity index (χ0n) is 13.5. The third-order valence-corrected chi connectivity index (χ3v) is 4.95. The summed E-state index contributed by atoms with van der Waals surface area (Å²) in [5.41, 5.74) is 0.907. The van der Waals surface area contributed by atoms with Crippen LogP contribution in [0.5, 0.6) is 0 Å². The first kappa shape index (κ1) is 18.2. The maximum absolute atomic E-state index is 13.8. The van der Waals surface area contributed by atoms with Crippen LogP contribution in [-0.2, 0) is 9.59 Å². The number of rotatable bonds is 5. The van der Waals surface area contributed by atoms with E-state index in [-0.39, 0.29) is 24.8 Å². The minimum absolute atomic E-state index is 0.0916. The lowest BCUT2D eigenvalue weighted by molar-refractivity contribution is -0.122. The highest BCUT2D eigenvalue weighted by molar-refractivity contribution is 8.26. The highest BCUT2D eigenvalue weighted by Crippen LogP contribution is 2.33. The second kappa shape index (κ2) is 8.20. The van der Waals surface area contributed by atoms with E-state index in [1.165, 1.54) is 23.2 Å². The van der Waals surface area contributed by atoms with Crippen LogP contribution in [0.25, 0.3) is 6.08 Å². The number of thiocarbonyl (C=S) groups is 1. The van der Waals surface area contributed by atoms with Gasteiger partial charge in [-0.2, -0.15) is 0 Å². The molecule has 3 rings (SSSR count). The predicted molar refractivity (Wildman–Crippen MR) is 104 cm³/mol. The number of carbonyl (C=O) groups is 2. The van der Waals surface area contributed by atoms with Gasteiger partial charge >= 0.3 is 0 Å². The van der Waals surface area contributed by atoms with Crippen LogP contribution in [0.15, 0.2) is 53.7 Å². The van der Waals surface area contributed by atoms with Crippen LogP contribution in [0.1, 0.15) is 12.0 Å². The smallest absolute Gasteiger partial charge is 0.266 e. The zero-order valence-corrected chi connectivity index (χ0v) is 15.1. The van der Waals surface area contributed by atoms with Crippen molar-refractivity contribution in [1.29, 1.82) is 0 Å². The van der Waals surface area contributed by atoms with Gasteiger partial charge in [-0.15, -0.1) is 0 Å². The first-order valence-electron chi connectivity index (χ1n) is 7.74. The number of carbonyl (C=O) groups excluding carboxylic acids is 2. The Morgan fingerprint density at radius 3 is 2.85 bits per heavy atom. The average Bonchev–Trinajstić information content (AvgIpc) is 2.89. The molecule has 0 spiro atoms. The highest BCUT2D eigenvalue weighted by Gasteiger charge is 2.32. The molecule has 1 aliphatic heterocycles. The van der Waals surface area contributed by atoms with Gasteiger partial charge in [-0.05, 0) is 24.3 Å². The molecule has 8 heteroatoms. The van der Waals surface area contributed by atoms with Gasteiger partial charge in [0.2, 0.25) is 5.91 Å². The third kappa shape index (κ3) is 4.33. The van der Waals surface area contributed by atoms with Crippen LogP contribution in [0, 0.1) is 5.82 Å². The summed E-state index contributed by atoms with van der Waals surface area (Å²) in [6, 6.07) is 9.63. The van der Waals surface area contributed by atoms with Crippen molar-refractivity contribution < 1.29 is 14.0 Å². The lowest BCUT2D eigenvalue weighted by Gasteiger charge is -2.14. The van der Waals surface area contributed by atoms with Crippen molar-refractivity contribution in [3.05, 3.63) is 65.1 Å². The van der Waals surface area contributed by atoms with Gasteiger partial charge in [0.15, 0.2) is 0 Å². The van der Waals surface area contributed by atoms with E-state index < -0.39 is 5.82 Å². The molecule has 132 valence electrons. The Morgan fingerprint density at radius 1 is 1.31 bits per heavy atom. The van der Waals surface area contributed by atoms with Crippen molar-refractivity contribution in [3.8, 4) is 0 Å². The summed E-state index contributed by atoms with van der Waals surface area (Å²) in [6.45, 7) is 0.158. The molecular formula is C18H14FN3O2S2. The van der Waals surface area contributed by atoms with Crippen molar-refractivity contribution in [2.24, 2.45) is 0 Å². The van der Waals surface area contributed by atoms with Crippen molar-refractivity contribution >= 4 is 51.9 Å². The molecule has 1 saturated heterocycles.